The molecule has 0 spiro atoms. The van der Waals surface area contributed by atoms with E-state index in [9.17, 15) is 4.79 Å². The number of hydrogen-bond acceptors (Lipinski definition) is 2. The van der Waals surface area contributed by atoms with Crippen molar-refractivity contribution in [1.82, 2.24) is 4.90 Å². The van der Waals surface area contributed by atoms with Crippen molar-refractivity contribution in [2.45, 2.75) is 26.4 Å². The highest BCUT2D eigenvalue weighted by Crippen LogP contribution is 2.15. The number of aryl methyl sites for hydroxylation is 1. The Labute approximate surface area is 126 Å². The zero-order valence-corrected chi connectivity index (χ0v) is 12.7. The van der Waals surface area contributed by atoms with Gasteiger partial charge in [0.05, 0.1) is 0 Å². The van der Waals surface area contributed by atoms with Crippen LogP contribution in [0.1, 0.15) is 34.0 Å². The molecule has 0 atom stereocenters. The summed E-state index contributed by atoms with van der Waals surface area (Å²) in [6.07, 6.45) is 0.856. The van der Waals surface area contributed by atoms with Gasteiger partial charge in [-0.25, -0.2) is 0 Å². The van der Waals surface area contributed by atoms with E-state index in [1.54, 1.807) is 4.90 Å². The molecule has 2 rings (SSSR count). The van der Waals surface area contributed by atoms with E-state index in [1.165, 1.54) is 0 Å². The molecule has 0 aliphatic carbocycles. The van der Waals surface area contributed by atoms with Crippen LogP contribution < -0.4 is 5.73 Å². The molecule has 0 aromatic heterocycles. The molecule has 0 unspecified atom stereocenters. The maximum atomic E-state index is 12.6. The molecule has 110 valence electrons. The lowest BCUT2D eigenvalue weighted by molar-refractivity contribution is 0.0783. The predicted octanol–water partition coefficient (Wildman–Crippen LogP) is 2.98. The fourth-order valence-electron chi connectivity index (χ4n) is 2.48. The minimum atomic E-state index is 0.0549. The minimum Gasteiger partial charge on any atom is -0.337 e. The summed E-state index contributed by atoms with van der Waals surface area (Å²) in [5, 5.41) is 0. The highest BCUT2D eigenvalue weighted by molar-refractivity contribution is 5.95. The Morgan fingerprint density at radius 1 is 1.00 bits per heavy atom. The first-order valence-corrected chi connectivity index (χ1v) is 7.27. The highest BCUT2D eigenvalue weighted by atomic mass is 16.2. The Hall–Kier alpha value is -2.13. The fraction of sp³-hybridized carbons (Fsp3) is 0.278. The van der Waals surface area contributed by atoms with Gasteiger partial charge in [0.15, 0.2) is 0 Å². The Bertz CT molecular complexity index is 622. The van der Waals surface area contributed by atoms with Crippen LogP contribution in [0.3, 0.4) is 0 Å². The molecule has 2 aromatic rings. The first-order chi connectivity index (χ1) is 10.2. The topological polar surface area (TPSA) is 46.3 Å². The van der Waals surface area contributed by atoms with Crippen LogP contribution in [0.2, 0.25) is 0 Å². The van der Waals surface area contributed by atoms with Crippen LogP contribution in [0, 0.1) is 0 Å². The highest BCUT2D eigenvalue weighted by Gasteiger charge is 2.15. The van der Waals surface area contributed by atoms with Gasteiger partial charge in [0.1, 0.15) is 0 Å². The molecule has 2 N–H and O–H groups in total. The largest absolute Gasteiger partial charge is 0.337 e. The van der Waals surface area contributed by atoms with Gasteiger partial charge in [-0.15, -0.1) is 0 Å². The minimum absolute atomic E-state index is 0.0549. The van der Waals surface area contributed by atoms with Gasteiger partial charge < -0.3 is 10.6 Å². The van der Waals surface area contributed by atoms with Crippen LogP contribution >= 0.6 is 0 Å². The standard InChI is InChI=1S/C18H22N2O/c1-3-14-8-6-7-11-17(14)18(21)20(2)13-16-10-5-4-9-15(16)12-19/h4-11H,3,12-13,19H2,1-2H3. The summed E-state index contributed by atoms with van der Waals surface area (Å²) in [7, 11) is 1.84. The van der Waals surface area contributed by atoms with Crippen LogP contribution in [0.25, 0.3) is 0 Å². The van der Waals surface area contributed by atoms with Gasteiger partial charge in [-0.3, -0.25) is 4.79 Å². The number of benzene rings is 2. The van der Waals surface area contributed by atoms with E-state index in [-0.39, 0.29) is 5.91 Å². The second-order valence-electron chi connectivity index (χ2n) is 5.14. The van der Waals surface area contributed by atoms with E-state index in [4.69, 9.17) is 5.73 Å². The van der Waals surface area contributed by atoms with Crippen molar-refractivity contribution in [3.05, 3.63) is 70.8 Å². The van der Waals surface area contributed by atoms with E-state index in [2.05, 4.69) is 6.92 Å². The summed E-state index contributed by atoms with van der Waals surface area (Å²) in [6, 6.07) is 15.8. The number of nitrogens with zero attached hydrogens (tertiary/aromatic N) is 1. The van der Waals surface area contributed by atoms with E-state index in [0.29, 0.717) is 13.1 Å². The Kier molecular flexibility index (Phi) is 5.12. The van der Waals surface area contributed by atoms with Gasteiger partial charge in [0.2, 0.25) is 0 Å². The Morgan fingerprint density at radius 2 is 1.57 bits per heavy atom. The van der Waals surface area contributed by atoms with Gasteiger partial charge in [-0.1, -0.05) is 49.4 Å². The monoisotopic (exact) mass is 282 g/mol. The van der Waals surface area contributed by atoms with Crippen molar-refractivity contribution in [3.63, 3.8) is 0 Å². The van der Waals surface area contributed by atoms with E-state index in [0.717, 1.165) is 28.7 Å². The SMILES string of the molecule is CCc1ccccc1C(=O)N(C)Cc1ccccc1CN. The molecule has 2 aromatic carbocycles. The van der Waals surface area contributed by atoms with Crippen LogP contribution in [0.4, 0.5) is 0 Å². The summed E-state index contributed by atoms with van der Waals surface area (Å²) in [4.78, 5) is 14.4. The van der Waals surface area contributed by atoms with Gasteiger partial charge in [0.25, 0.3) is 5.91 Å². The van der Waals surface area contributed by atoms with Crippen molar-refractivity contribution in [1.29, 1.82) is 0 Å². The van der Waals surface area contributed by atoms with Crippen LogP contribution in [0.5, 0.6) is 0 Å². The summed E-state index contributed by atoms with van der Waals surface area (Å²) in [6.45, 7) is 3.13. The third kappa shape index (κ3) is 3.50. The maximum absolute atomic E-state index is 12.6. The first kappa shape index (κ1) is 15.3. The normalized spacial score (nSPS) is 10.4. The summed E-state index contributed by atoms with van der Waals surface area (Å²) < 4.78 is 0. The molecule has 3 nitrogen and oxygen atoms in total. The third-order valence-electron chi connectivity index (χ3n) is 3.72. The van der Waals surface area contributed by atoms with Crippen molar-refractivity contribution in [3.8, 4) is 0 Å². The van der Waals surface area contributed by atoms with E-state index < -0.39 is 0 Å². The van der Waals surface area contributed by atoms with E-state index >= 15 is 0 Å². The van der Waals surface area contributed by atoms with Gasteiger partial charge in [0, 0.05) is 25.7 Å². The van der Waals surface area contributed by atoms with Crippen LogP contribution in [-0.2, 0) is 19.5 Å². The number of nitrogens with two attached hydrogens (primary N) is 1. The molecular weight excluding hydrogens is 260 g/mol. The van der Waals surface area contributed by atoms with Crippen LogP contribution in [-0.4, -0.2) is 17.9 Å². The first-order valence-electron chi connectivity index (χ1n) is 7.27. The zero-order valence-electron chi connectivity index (χ0n) is 12.7. The molecule has 0 bridgehead atoms. The molecule has 0 aliphatic rings. The summed E-state index contributed by atoms with van der Waals surface area (Å²) in [5.74, 6) is 0.0549. The quantitative estimate of drug-likeness (QED) is 0.916. The lowest BCUT2D eigenvalue weighted by atomic mass is 10.0. The average Bonchev–Trinajstić information content (AvgIpc) is 2.54. The molecule has 0 saturated heterocycles. The second-order valence-corrected chi connectivity index (χ2v) is 5.14. The van der Waals surface area contributed by atoms with Gasteiger partial charge in [-0.2, -0.15) is 0 Å². The number of carbonyl (C=O) groups excluding carboxylic acids is 1. The predicted molar refractivity (Wildman–Crippen MR) is 86.0 cm³/mol. The van der Waals surface area contributed by atoms with E-state index in [1.807, 2.05) is 55.6 Å². The molecule has 0 saturated carbocycles. The zero-order chi connectivity index (χ0) is 15.2. The third-order valence-corrected chi connectivity index (χ3v) is 3.72. The smallest absolute Gasteiger partial charge is 0.254 e. The summed E-state index contributed by atoms with van der Waals surface area (Å²) in [5.41, 5.74) is 9.81. The number of carbonyl (C=O) groups is 1. The lowest BCUT2D eigenvalue weighted by Gasteiger charge is -2.20. The molecule has 0 aliphatic heterocycles. The van der Waals surface area contributed by atoms with Crippen molar-refractivity contribution in [2.75, 3.05) is 7.05 Å². The summed E-state index contributed by atoms with van der Waals surface area (Å²) >= 11 is 0. The molecule has 21 heavy (non-hydrogen) atoms. The molecule has 3 heteroatoms. The number of amides is 1. The average molecular weight is 282 g/mol. The van der Waals surface area contributed by atoms with Gasteiger partial charge >= 0.3 is 0 Å². The van der Waals surface area contributed by atoms with Gasteiger partial charge in [-0.05, 0) is 29.2 Å². The van der Waals surface area contributed by atoms with Crippen LogP contribution in [0.15, 0.2) is 48.5 Å². The number of hydrogen-bond donors (Lipinski definition) is 1. The Balaban J connectivity index is 2.20. The fourth-order valence-corrected chi connectivity index (χ4v) is 2.48. The van der Waals surface area contributed by atoms with Crippen molar-refractivity contribution in [2.24, 2.45) is 5.73 Å². The second kappa shape index (κ2) is 7.04. The van der Waals surface area contributed by atoms with Crippen molar-refractivity contribution < 1.29 is 4.79 Å². The molecular formula is C18H22N2O. The lowest BCUT2D eigenvalue weighted by Crippen LogP contribution is -2.27. The molecule has 0 heterocycles. The molecule has 0 radical (unpaired) electrons. The number of rotatable bonds is 5. The Morgan fingerprint density at radius 3 is 2.19 bits per heavy atom. The maximum Gasteiger partial charge on any atom is 0.254 e. The molecule has 1 amide bonds. The molecule has 0 fully saturated rings. The van der Waals surface area contributed by atoms with Crippen molar-refractivity contribution >= 4 is 5.91 Å².